The van der Waals surface area contributed by atoms with Gasteiger partial charge in [-0.3, -0.25) is 4.40 Å². The minimum atomic E-state index is -3.52. The van der Waals surface area contributed by atoms with Crippen molar-refractivity contribution in [1.29, 1.82) is 0 Å². The van der Waals surface area contributed by atoms with E-state index in [9.17, 15) is 8.42 Å². The standard InChI is InChI=1S/C18H16N4O3S2/c1-3-25-13-6-4-5-12(11-13)15-16(22-9-10-26-18(22)21-15)14-7-8-19-17(20-14)27(2,23)24/h4-11H,3H2,1-2H3. The van der Waals surface area contributed by atoms with Gasteiger partial charge in [-0.25, -0.2) is 23.4 Å². The summed E-state index contributed by atoms with van der Waals surface area (Å²) in [6, 6.07) is 9.33. The monoisotopic (exact) mass is 400 g/mol. The maximum atomic E-state index is 11.9. The van der Waals surface area contributed by atoms with E-state index in [0.29, 0.717) is 23.7 Å². The summed E-state index contributed by atoms with van der Waals surface area (Å²) in [6.45, 7) is 2.50. The molecule has 3 aromatic heterocycles. The highest BCUT2D eigenvalue weighted by atomic mass is 32.2. The number of sulfone groups is 1. The highest BCUT2D eigenvalue weighted by molar-refractivity contribution is 7.90. The first-order chi connectivity index (χ1) is 13.0. The van der Waals surface area contributed by atoms with Gasteiger partial charge in [0.2, 0.25) is 15.0 Å². The Morgan fingerprint density at radius 1 is 1.22 bits per heavy atom. The van der Waals surface area contributed by atoms with Gasteiger partial charge in [-0.15, -0.1) is 11.3 Å². The third-order valence-corrected chi connectivity index (χ3v) is 5.50. The van der Waals surface area contributed by atoms with E-state index in [1.54, 1.807) is 6.07 Å². The molecule has 0 aliphatic rings. The van der Waals surface area contributed by atoms with Gasteiger partial charge >= 0.3 is 0 Å². The fraction of sp³-hybridized carbons (Fsp3) is 0.167. The SMILES string of the molecule is CCOc1cccc(-c2nc3sccn3c2-c2ccnc(S(C)(=O)=O)n2)c1. The molecule has 138 valence electrons. The van der Waals surface area contributed by atoms with Gasteiger partial charge in [0.05, 0.1) is 18.0 Å². The Bertz CT molecular complexity index is 1230. The summed E-state index contributed by atoms with van der Waals surface area (Å²) < 4.78 is 31.3. The normalized spacial score (nSPS) is 11.8. The number of ether oxygens (including phenoxy) is 1. The molecule has 4 rings (SSSR count). The van der Waals surface area contributed by atoms with Crippen LogP contribution in [0.4, 0.5) is 0 Å². The van der Waals surface area contributed by atoms with E-state index in [1.165, 1.54) is 17.5 Å². The quantitative estimate of drug-likeness (QED) is 0.478. The second-order valence-corrected chi connectivity index (χ2v) is 8.60. The molecule has 3 heterocycles. The number of imidazole rings is 1. The fourth-order valence-electron chi connectivity index (χ4n) is 2.78. The van der Waals surface area contributed by atoms with E-state index in [0.717, 1.165) is 22.5 Å². The lowest BCUT2D eigenvalue weighted by atomic mass is 10.1. The van der Waals surface area contributed by atoms with Crippen molar-refractivity contribution in [3.8, 4) is 28.4 Å². The predicted molar refractivity (Wildman–Crippen MR) is 104 cm³/mol. The summed E-state index contributed by atoms with van der Waals surface area (Å²) >= 11 is 1.49. The molecule has 27 heavy (non-hydrogen) atoms. The smallest absolute Gasteiger partial charge is 0.247 e. The van der Waals surface area contributed by atoms with E-state index in [1.807, 2.05) is 47.2 Å². The molecule has 0 atom stereocenters. The van der Waals surface area contributed by atoms with Crippen LogP contribution in [0.5, 0.6) is 5.75 Å². The molecule has 0 aliphatic carbocycles. The molecule has 0 N–H and O–H groups in total. The molecule has 0 amide bonds. The predicted octanol–water partition coefficient (Wildman–Crippen LogP) is 3.32. The van der Waals surface area contributed by atoms with Gasteiger partial charge in [-0.1, -0.05) is 12.1 Å². The Labute approximate surface area is 160 Å². The van der Waals surface area contributed by atoms with Crippen LogP contribution in [0.25, 0.3) is 27.6 Å². The number of benzene rings is 1. The number of fused-ring (bicyclic) bond motifs is 1. The Kier molecular flexibility index (Phi) is 4.40. The molecule has 0 saturated heterocycles. The highest BCUT2D eigenvalue weighted by Crippen LogP contribution is 2.34. The molecular formula is C18H16N4O3S2. The van der Waals surface area contributed by atoms with E-state index in [4.69, 9.17) is 9.72 Å². The number of aromatic nitrogens is 4. The first kappa shape index (κ1) is 17.6. The molecule has 0 unspecified atom stereocenters. The summed E-state index contributed by atoms with van der Waals surface area (Å²) in [7, 11) is -3.52. The minimum Gasteiger partial charge on any atom is -0.494 e. The van der Waals surface area contributed by atoms with Gasteiger partial charge in [0, 0.05) is 29.6 Å². The molecule has 9 heteroatoms. The third-order valence-electron chi connectivity index (χ3n) is 3.89. The Morgan fingerprint density at radius 3 is 2.85 bits per heavy atom. The zero-order valence-electron chi connectivity index (χ0n) is 14.7. The lowest BCUT2D eigenvalue weighted by Gasteiger charge is -2.07. The van der Waals surface area contributed by atoms with E-state index in [2.05, 4.69) is 9.97 Å². The Balaban J connectivity index is 1.95. The van der Waals surface area contributed by atoms with Crippen molar-refractivity contribution in [3.05, 3.63) is 48.1 Å². The molecule has 0 spiro atoms. The van der Waals surface area contributed by atoms with Crippen molar-refractivity contribution in [2.75, 3.05) is 12.9 Å². The number of nitrogens with zero attached hydrogens (tertiary/aromatic N) is 4. The zero-order valence-corrected chi connectivity index (χ0v) is 16.3. The second-order valence-electron chi connectivity index (χ2n) is 5.82. The summed E-state index contributed by atoms with van der Waals surface area (Å²) in [5, 5.41) is 1.71. The van der Waals surface area contributed by atoms with Crippen LogP contribution in [0, 0.1) is 0 Å². The van der Waals surface area contributed by atoms with Crippen LogP contribution in [0.1, 0.15) is 6.92 Å². The van der Waals surface area contributed by atoms with Crippen LogP contribution in [-0.2, 0) is 9.84 Å². The molecule has 0 aliphatic heterocycles. The van der Waals surface area contributed by atoms with E-state index < -0.39 is 9.84 Å². The maximum absolute atomic E-state index is 11.9. The highest BCUT2D eigenvalue weighted by Gasteiger charge is 2.20. The Hall–Kier alpha value is -2.78. The number of rotatable bonds is 5. The zero-order chi connectivity index (χ0) is 19.0. The van der Waals surface area contributed by atoms with Crippen molar-refractivity contribution in [1.82, 2.24) is 19.4 Å². The first-order valence-electron chi connectivity index (χ1n) is 8.19. The largest absolute Gasteiger partial charge is 0.494 e. The van der Waals surface area contributed by atoms with Crippen LogP contribution in [0.15, 0.2) is 53.3 Å². The van der Waals surface area contributed by atoms with Gasteiger partial charge < -0.3 is 4.74 Å². The van der Waals surface area contributed by atoms with Crippen molar-refractivity contribution in [2.45, 2.75) is 12.1 Å². The van der Waals surface area contributed by atoms with Crippen LogP contribution in [0.3, 0.4) is 0 Å². The third kappa shape index (κ3) is 3.31. The number of hydrogen-bond acceptors (Lipinski definition) is 7. The maximum Gasteiger partial charge on any atom is 0.247 e. The molecule has 0 bridgehead atoms. The van der Waals surface area contributed by atoms with Gasteiger partial charge in [0.1, 0.15) is 11.4 Å². The minimum absolute atomic E-state index is 0.209. The lowest BCUT2D eigenvalue weighted by Crippen LogP contribution is -2.05. The van der Waals surface area contributed by atoms with Crippen LogP contribution in [-0.4, -0.2) is 40.6 Å². The molecule has 0 saturated carbocycles. The fourth-order valence-corrected chi connectivity index (χ4v) is 4.01. The first-order valence-corrected chi connectivity index (χ1v) is 11.0. The van der Waals surface area contributed by atoms with Gasteiger partial charge in [-0.05, 0) is 25.1 Å². The summed E-state index contributed by atoms with van der Waals surface area (Å²) in [5.74, 6) is 0.747. The van der Waals surface area contributed by atoms with Crippen molar-refractivity contribution in [2.24, 2.45) is 0 Å². The number of thiazole rings is 1. The van der Waals surface area contributed by atoms with E-state index >= 15 is 0 Å². The molecule has 1 aromatic carbocycles. The molecule has 0 fully saturated rings. The van der Waals surface area contributed by atoms with Crippen LogP contribution in [0.2, 0.25) is 0 Å². The van der Waals surface area contributed by atoms with Gasteiger partial charge in [-0.2, -0.15) is 0 Å². The summed E-state index contributed by atoms with van der Waals surface area (Å²) in [4.78, 5) is 13.7. The number of hydrogen-bond donors (Lipinski definition) is 0. The second kappa shape index (κ2) is 6.75. The average Bonchev–Trinajstić information content (AvgIpc) is 3.22. The van der Waals surface area contributed by atoms with Gasteiger partial charge in [0.15, 0.2) is 4.96 Å². The molecule has 4 aromatic rings. The average molecular weight is 400 g/mol. The van der Waals surface area contributed by atoms with Gasteiger partial charge in [0.25, 0.3) is 0 Å². The molecule has 0 radical (unpaired) electrons. The van der Waals surface area contributed by atoms with Crippen molar-refractivity contribution < 1.29 is 13.2 Å². The molecular weight excluding hydrogens is 384 g/mol. The Morgan fingerprint density at radius 2 is 2.07 bits per heavy atom. The lowest BCUT2D eigenvalue weighted by molar-refractivity contribution is 0.340. The van der Waals surface area contributed by atoms with E-state index in [-0.39, 0.29) is 5.16 Å². The van der Waals surface area contributed by atoms with Crippen molar-refractivity contribution >= 4 is 26.1 Å². The molecule has 7 nitrogen and oxygen atoms in total. The summed E-state index contributed by atoms with van der Waals surface area (Å²) in [6.07, 6.45) is 4.43. The van der Waals surface area contributed by atoms with Crippen LogP contribution < -0.4 is 4.74 Å². The van der Waals surface area contributed by atoms with Crippen LogP contribution >= 0.6 is 11.3 Å². The topological polar surface area (TPSA) is 86.5 Å². The van der Waals surface area contributed by atoms with Crippen molar-refractivity contribution in [3.63, 3.8) is 0 Å². The summed E-state index contributed by atoms with van der Waals surface area (Å²) in [5.41, 5.74) is 2.79.